The van der Waals surface area contributed by atoms with Crippen LogP contribution in [0.25, 0.3) is 0 Å². The Hall–Kier alpha value is -1.39. The molecule has 1 unspecified atom stereocenters. The van der Waals surface area contributed by atoms with Gasteiger partial charge in [0.15, 0.2) is 0 Å². The molecule has 0 aromatic heterocycles. The van der Waals surface area contributed by atoms with Crippen LogP contribution in [0.15, 0.2) is 24.3 Å². The summed E-state index contributed by atoms with van der Waals surface area (Å²) < 4.78 is 5.43. The van der Waals surface area contributed by atoms with Gasteiger partial charge in [-0.3, -0.25) is 4.79 Å². The van der Waals surface area contributed by atoms with Gasteiger partial charge in [-0.1, -0.05) is 24.3 Å². The fraction of sp³-hybridized carbons (Fsp3) is 0.533. The Morgan fingerprint density at radius 2 is 2.05 bits per heavy atom. The van der Waals surface area contributed by atoms with Gasteiger partial charge in [0.05, 0.1) is 19.1 Å². The smallest absolute Gasteiger partial charge is 0.222 e. The summed E-state index contributed by atoms with van der Waals surface area (Å²) in [6.07, 6.45) is 3.46. The number of carbonyl (C=O) groups excluding carboxylic acids is 1. The molecule has 0 aliphatic carbocycles. The molecule has 1 saturated heterocycles. The molecule has 2 rings (SSSR count). The molecular weight excluding hydrogens is 242 g/mol. The zero-order valence-corrected chi connectivity index (χ0v) is 11.1. The zero-order valence-electron chi connectivity index (χ0n) is 11.1. The lowest BCUT2D eigenvalue weighted by atomic mass is 10.1. The molecule has 2 N–H and O–H groups in total. The minimum absolute atomic E-state index is 0.0679. The van der Waals surface area contributed by atoms with Crippen LogP contribution in [0.3, 0.4) is 0 Å². The van der Waals surface area contributed by atoms with E-state index < -0.39 is 0 Å². The number of ether oxygens (including phenoxy) is 1. The summed E-state index contributed by atoms with van der Waals surface area (Å²) in [6, 6.07) is 7.78. The van der Waals surface area contributed by atoms with Crippen LogP contribution in [0.4, 0.5) is 0 Å². The van der Waals surface area contributed by atoms with Crippen molar-refractivity contribution in [3.8, 4) is 0 Å². The summed E-state index contributed by atoms with van der Waals surface area (Å²) in [5.74, 6) is 0.0684. The third kappa shape index (κ3) is 4.65. The molecule has 1 heterocycles. The maximum absolute atomic E-state index is 11.7. The highest BCUT2D eigenvalue weighted by molar-refractivity contribution is 5.76. The Labute approximate surface area is 113 Å². The highest BCUT2D eigenvalue weighted by Gasteiger charge is 2.18. The number of aliphatic hydroxyl groups is 1. The molecule has 1 aliphatic heterocycles. The first-order chi connectivity index (χ1) is 9.28. The molecule has 1 amide bonds. The van der Waals surface area contributed by atoms with E-state index in [4.69, 9.17) is 9.84 Å². The quantitative estimate of drug-likeness (QED) is 0.816. The molecule has 1 aromatic rings. The molecule has 1 aliphatic rings. The van der Waals surface area contributed by atoms with Gasteiger partial charge >= 0.3 is 0 Å². The molecule has 4 nitrogen and oxygen atoms in total. The topological polar surface area (TPSA) is 58.6 Å². The Kier molecular flexibility index (Phi) is 5.36. The van der Waals surface area contributed by atoms with Gasteiger partial charge in [-0.05, 0) is 30.4 Å². The van der Waals surface area contributed by atoms with E-state index in [1.165, 1.54) is 0 Å². The van der Waals surface area contributed by atoms with Gasteiger partial charge in [-0.25, -0.2) is 0 Å². The number of carbonyl (C=O) groups is 1. The van der Waals surface area contributed by atoms with E-state index in [1.807, 2.05) is 24.3 Å². The standard InChI is InChI=1S/C15H21NO3/c17-11-13-5-3-12(4-6-13)7-8-16-15(18)10-14-2-1-9-19-14/h3-6,14,17H,1-2,7-11H2,(H,16,18). The predicted molar refractivity (Wildman–Crippen MR) is 72.7 cm³/mol. The molecule has 0 saturated carbocycles. The minimum Gasteiger partial charge on any atom is -0.392 e. The predicted octanol–water partition coefficient (Wildman–Crippen LogP) is 1.41. The second-order valence-corrected chi connectivity index (χ2v) is 4.91. The highest BCUT2D eigenvalue weighted by atomic mass is 16.5. The van der Waals surface area contributed by atoms with E-state index in [0.717, 1.165) is 37.0 Å². The van der Waals surface area contributed by atoms with Crippen molar-refractivity contribution in [1.29, 1.82) is 0 Å². The summed E-state index contributed by atoms with van der Waals surface area (Å²) in [5, 5.41) is 11.9. The van der Waals surface area contributed by atoms with Gasteiger partial charge in [0.25, 0.3) is 0 Å². The fourth-order valence-electron chi connectivity index (χ4n) is 2.24. The molecule has 0 bridgehead atoms. The second kappa shape index (κ2) is 7.26. The van der Waals surface area contributed by atoms with E-state index in [2.05, 4.69) is 5.32 Å². The lowest BCUT2D eigenvalue weighted by Gasteiger charge is -2.10. The van der Waals surface area contributed by atoms with E-state index in [0.29, 0.717) is 13.0 Å². The summed E-state index contributed by atoms with van der Waals surface area (Å²) in [5.41, 5.74) is 2.07. The number of rotatable bonds is 6. The average Bonchev–Trinajstić information content (AvgIpc) is 2.92. The first-order valence-corrected chi connectivity index (χ1v) is 6.85. The number of amides is 1. The first kappa shape index (κ1) is 14.0. The molecule has 1 atom stereocenters. The number of benzene rings is 1. The summed E-state index contributed by atoms with van der Waals surface area (Å²) in [7, 11) is 0. The molecule has 104 valence electrons. The van der Waals surface area contributed by atoms with Crippen molar-refractivity contribution in [2.45, 2.75) is 38.4 Å². The maximum Gasteiger partial charge on any atom is 0.222 e. The Morgan fingerprint density at radius 3 is 2.68 bits per heavy atom. The summed E-state index contributed by atoms with van der Waals surface area (Å²) in [6.45, 7) is 1.50. The van der Waals surface area contributed by atoms with Crippen molar-refractivity contribution in [3.63, 3.8) is 0 Å². The summed E-state index contributed by atoms with van der Waals surface area (Å²) in [4.78, 5) is 11.7. The van der Waals surface area contributed by atoms with Gasteiger partial charge < -0.3 is 15.2 Å². The van der Waals surface area contributed by atoms with Crippen molar-refractivity contribution < 1.29 is 14.6 Å². The summed E-state index contributed by atoms with van der Waals surface area (Å²) >= 11 is 0. The van der Waals surface area contributed by atoms with E-state index in [1.54, 1.807) is 0 Å². The van der Waals surface area contributed by atoms with Crippen LogP contribution in [-0.2, 0) is 22.6 Å². The van der Waals surface area contributed by atoms with Crippen molar-refractivity contribution in [2.75, 3.05) is 13.2 Å². The largest absolute Gasteiger partial charge is 0.392 e. The monoisotopic (exact) mass is 263 g/mol. The van der Waals surface area contributed by atoms with Gasteiger partial charge in [0.1, 0.15) is 0 Å². The lowest BCUT2D eigenvalue weighted by molar-refractivity contribution is -0.123. The van der Waals surface area contributed by atoms with Crippen LogP contribution < -0.4 is 5.32 Å². The number of aliphatic hydroxyl groups excluding tert-OH is 1. The molecule has 4 heteroatoms. The van der Waals surface area contributed by atoms with Gasteiger partial charge in [-0.15, -0.1) is 0 Å². The van der Waals surface area contributed by atoms with Crippen molar-refractivity contribution in [1.82, 2.24) is 5.32 Å². The Balaban J connectivity index is 1.65. The zero-order chi connectivity index (χ0) is 13.5. The SMILES string of the molecule is O=C(CC1CCCO1)NCCc1ccc(CO)cc1. The molecule has 19 heavy (non-hydrogen) atoms. The van der Waals surface area contributed by atoms with Crippen molar-refractivity contribution >= 4 is 5.91 Å². The van der Waals surface area contributed by atoms with Gasteiger partial charge in [0, 0.05) is 13.2 Å². The third-order valence-corrected chi connectivity index (χ3v) is 3.38. The van der Waals surface area contributed by atoms with Crippen LogP contribution in [0, 0.1) is 0 Å². The first-order valence-electron chi connectivity index (χ1n) is 6.85. The van der Waals surface area contributed by atoms with E-state index in [9.17, 15) is 4.79 Å². The average molecular weight is 263 g/mol. The normalized spacial score (nSPS) is 18.5. The lowest BCUT2D eigenvalue weighted by Crippen LogP contribution is -2.28. The third-order valence-electron chi connectivity index (χ3n) is 3.38. The van der Waals surface area contributed by atoms with Crippen molar-refractivity contribution in [3.05, 3.63) is 35.4 Å². The molecule has 0 radical (unpaired) electrons. The van der Waals surface area contributed by atoms with E-state index in [-0.39, 0.29) is 18.6 Å². The van der Waals surface area contributed by atoms with Crippen LogP contribution in [0.5, 0.6) is 0 Å². The Bertz CT molecular complexity index is 396. The van der Waals surface area contributed by atoms with Crippen LogP contribution in [0.2, 0.25) is 0 Å². The van der Waals surface area contributed by atoms with Gasteiger partial charge in [0.2, 0.25) is 5.91 Å². The molecule has 0 spiro atoms. The minimum atomic E-state index is 0.0679. The van der Waals surface area contributed by atoms with Crippen LogP contribution in [0.1, 0.15) is 30.4 Å². The van der Waals surface area contributed by atoms with Gasteiger partial charge in [-0.2, -0.15) is 0 Å². The van der Waals surface area contributed by atoms with Crippen LogP contribution in [-0.4, -0.2) is 30.3 Å². The number of hydrogen-bond donors (Lipinski definition) is 2. The van der Waals surface area contributed by atoms with E-state index >= 15 is 0 Å². The second-order valence-electron chi connectivity index (χ2n) is 4.91. The molecular formula is C15H21NO3. The number of nitrogens with one attached hydrogen (secondary N) is 1. The number of hydrogen-bond acceptors (Lipinski definition) is 3. The highest BCUT2D eigenvalue weighted by Crippen LogP contribution is 2.14. The Morgan fingerprint density at radius 1 is 1.32 bits per heavy atom. The fourth-order valence-corrected chi connectivity index (χ4v) is 2.24. The molecule has 1 aromatic carbocycles. The maximum atomic E-state index is 11.7. The van der Waals surface area contributed by atoms with Crippen LogP contribution >= 0.6 is 0 Å². The van der Waals surface area contributed by atoms with Crippen molar-refractivity contribution in [2.24, 2.45) is 0 Å². The molecule has 1 fully saturated rings.